The highest BCUT2D eigenvalue weighted by atomic mass is 35.5. The number of benzene rings is 10. The van der Waals surface area contributed by atoms with E-state index in [-0.39, 0.29) is 206 Å². The van der Waals surface area contributed by atoms with Crippen LogP contribution in [0.25, 0.3) is 21.9 Å². The van der Waals surface area contributed by atoms with Crippen molar-refractivity contribution in [2.75, 3.05) is 19.6 Å². The van der Waals surface area contributed by atoms with E-state index in [0.717, 1.165) is 9.80 Å². The van der Waals surface area contributed by atoms with Gasteiger partial charge >= 0.3 is 0 Å². The third-order valence-electron chi connectivity index (χ3n) is 20.1. The zero-order chi connectivity index (χ0) is 108. The van der Waals surface area contributed by atoms with Crippen molar-refractivity contribution in [2.45, 2.75) is 262 Å². The molecule has 4 heterocycles. The fraction of sp³-hybridized carbons (Fsp3) is 0.385. The molecule has 8 heteroatoms. The van der Waals surface area contributed by atoms with Gasteiger partial charge in [-0.3, -0.25) is 0 Å². The fourth-order valence-corrected chi connectivity index (χ4v) is 13.4. The Morgan fingerprint density at radius 3 is 1.15 bits per heavy atom. The molecule has 10 aromatic carbocycles. The molecule has 0 atom stereocenters. The van der Waals surface area contributed by atoms with Crippen LogP contribution in [0.3, 0.4) is 0 Å². The van der Waals surface area contributed by atoms with Crippen LogP contribution in [0.2, 0.25) is 5.02 Å². The van der Waals surface area contributed by atoms with Gasteiger partial charge in [0, 0.05) is 56.3 Å². The summed E-state index contributed by atoms with van der Waals surface area (Å²) in [4.78, 5) is 5.29. The van der Waals surface area contributed by atoms with Crippen LogP contribution in [0.15, 0.2) is 215 Å². The first-order chi connectivity index (χ1) is 64.4. The van der Waals surface area contributed by atoms with Gasteiger partial charge in [-0.05, 0) is 236 Å². The molecule has 2 aromatic heterocycles. The molecule has 0 spiro atoms. The number of hydrogen-bond acceptors (Lipinski definition) is 6. The van der Waals surface area contributed by atoms with E-state index < -0.39 is 187 Å². The maximum atomic E-state index is 10.2. The van der Waals surface area contributed by atoms with E-state index in [0.29, 0.717) is 16.6 Å². The van der Waals surface area contributed by atoms with E-state index in [9.17, 15) is 35.6 Å². The Morgan fingerprint density at radius 2 is 0.688 bits per heavy atom. The van der Waals surface area contributed by atoms with Crippen molar-refractivity contribution in [3.8, 4) is 0 Å². The predicted octanol–water partition coefficient (Wildman–Crippen LogP) is 29.5. The first kappa shape index (κ1) is 50.8. The van der Waals surface area contributed by atoms with Crippen LogP contribution in [-0.2, 0) is 54.1 Å². The monoisotopic (exact) mass is 1540 g/mol. The van der Waals surface area contributed by atoms with Crippen molar-refractivity contribution in [3.05, 3.63) is 266 Å². The molecule has 112 heavy (non-hydrogen) atoms. The van der Waals surface area contributed by atoms with E-state index in [2.05, 4.69) is 0 Å². The minimum Gasteiger partial charge on any atom is -0.468 e. The molecule has 0 amide bonds. The molecule has 6 nitrogen and oxygen atoms in total. The second-order valence-corrected chi connectivity index (χ2v) is 40.3. The SMILES string of the molecule is [2H]c1c([2H])c(C(C)(C)C)c([2H])c2c1B1c3oc4c([2H])c([2H])c(C(C)(C)C)c([2H])c4c3N(c3c([2H])c([2H])c(C(C)(C)C)c([2H])c3[2H])c3cc(C(C)(C)C)cc(c31)N2c1c([2H])c([2H])c(C(C)(C)C)c([2H])c1[2H].[2H]c1oc2c([2H])c([2H])c(C(C)(C)C)c([2H])c2c1N(c1cc(C(C)(C)C)cc(N(c2c([2H])c([2H])c(C(C)(C)C)c([2H])c2[2H])c2c([2H])c([2H])c([2H])c(C(C)(C)C)c2[2H])c1Cl)c1c([2H])c([2H])c(C(C)(C)C)c([2H])c1[2H]. The van der Waals surface area contributed by atoms with Gasteiger partial charge in [0.1, 0.15) is 18.8 Å². The van der Waals surface area contributed by atoms with Crippen LogP contribution >= 0.6 is 11.6 Å². The summed E-state index contributed by atoms with van der Waals surface area (Å²) in [7, 11) is 0. The van der Waals surface area contributed by atoms with Crippen LogP contribution in [0.1, 0.15) is 304 Å². The Hall–Kier alpha value is -9.17. The summed E-state index contributed by atoms with van der Waals surface area (Å²) in [5, 5.41) is -0.506. The van der Waals surface area contributed by atoms with E-state index in [1.54, 1.807) is 137 Å². The Morgan fingerprint density at radius 1 is 0.321 bits per heavy atom. The lowest BCUT2D eigenvalue weighted by Gasteiger charge is -2.44. The maximum Gasteiger partial charge on any atom is 0.297 e. The zero-order valence-electron chi connectivity index (χ0n) is 101. The molecule has 0 N–H and O–H groups in total. The third kappa shape index (κ3) is 15.7. The standard InChI is InChI=1S/C52H61BN2O.C52H63ClN2O/c1-48(2,3)32-16-22-37(23-17-32)54-41-29-35(51(10,11)12)20-26-40(41)53-45-42(54)30-36(52(13,14)15)31-43(45)55(38-24-18-33(19-25-38)49(4,5)6)46-39-28-34(50(7,8)9)21-27-44(39)56-47(46)53;1-48(2,3)34-19-24-39(25-20-34)54(41-18-16-17-36(29-41)50(7,8)9)43-31-38(52(13,14)15)32-44(47(43)53)55(40-26-21-35(22-27-40)49(4,5)6)45-33-56-46-28-23-37(30-42(45)46)51(10,11)12/h16-31H,1-15H3;16-33H,1-15H3/i16D,17D,18D,19D,20D,21D,22D,23D,24D,25D,26D,27D,28D,29D;16D,17D,18D,19D,20D,21D,22D,23D,24D,25D,26D,27D,28D,29D,30D,33D. The van der Waals surface area contributed by atoms with Gasteiger partial charge in [-0.15, -0.1) is 0 Å². The largest absolute Gasteiger partial charge is 0.468 e. The molecular formula is C104H124BClN4O2. The smallest absolute Gasteiger partial charge is 0.297 e. The highest BCUT2D eigenvalue weighted by molar-refractivity contribution is 7.00. The van der Waals surface area contributed by atoms with Gasteiger partial charge in [0.05, 0.1) is 73.2 Å². The number of hydrogen-bond donors (Lipinski definition) is 0. The highest BCUT2D eigenvalue weighted by Crippen LogP contribution is 2.54. The lowest BCUT2D eigenvalue weighted by molar-refractivity contribution is 0.589. The third-order valence-corrected chi connectivity index (χ3v) is 20.5. The summed E-state index contributed by atoms with van der Waals surface area (Å²) in [6, 6.07) is -4.92. The molecule has 0 bridgehead atoms. The second-order valence-electron chi connectivity index (χ2n) is 39.9. The molecule has 0 unspecified atom stereocenters. The van der Waals surface area contributed by atoms with Crippen molar-refractivity contribution in [3.63, 3.8) is 0 Å². The molecule has 0 aliphatic carbocycles. The van der Waals surface area contributed by atoms with Crippen LogP contribution < -0.4 is 36.2 Å². The first-order valence-electron chi connectivity index (χ1n) is 53.4. The average Bonchev–Trinajstić information content (AvgIpc) is 1.32. The van der Waals surface area contributed by atoms with Gasteiger partial charge in [-0.1, -0.05) is 304 Å². The van der Waals surface area contributed by atoms with Crippen molar-refractivity contribution in [2.24, 2.45) is 0 Å². The van der Waals surface area contributed by atoms with Gasteiger partial charge in [0.25, 0.3) is 6.71 Å². The van der Waals surface area contributed by atoms with Gasteiger partial charge in [-0.25, -0.2) is 0 Å². The number of nitrogens with zero attached hydrogens (tertiary/aromatic N) is 4. The first-order valence-corrected chi connectivity index (χ1v) is 38.7. The Balaban J connectivity index is 0.000000239. The van der Waals surface area contributed by atoms with Crippen LogP contribution in [0.4, 0.5) is 68.2 Å². The maximum absolute atomic E-state index is 10.2. The molecule has 2 aliphatic rings. The van der Waals surface area contributed by atoms with E-state index >= 15 is 0 Å². The molecule has 0 fully saturated rings. The molecule has 14 rings (SSSR count). The molecule has 2 aliphatic heterocycles. The summed E-state index contributed by atoms with van der Waals surface area (Å²) in [5.74, 6) is 0. The van der Waals surface area contributed by atoms with Crippen molar-refractivity contribution >= 4 is 125 Å². The fourth-order valence-electron chi connectivity index (χ4n) is 13.1. The lowest BCUT2D eigenvalue weighted by Crippen LogP contribution is -2.61. The predicted molar refractivity (Wildman–Crippen MR) is 488 cm³/mol. The van der Waals surface area contributed by atoms with E-state index in [1.165, 1.54) is 9.80 Å². The average molecular weight is 1540 g/mol. The zero-order valence-corrected chi connectivity index (χ0v) is 71.6. The molecule has 582 valence electrons. The number of anilines is 12. The van der Waals surface area contributed by atoms with Crippen LogP contribution in [0.5, 0.6) is 0 Å². The van der Waals surface area contributed by atoms with Gasteiger partial charge < -0.3 is 28.4 Å². The number of fused-ring (bicyclic) bond motifs is 7. The second kappa shape index (κ2) is 28.1. The highest BCUT2D eigenvalue weighted by Gasteiger charge is 2.48. The van der Waals surface area contributed by atoms with Crippen molar-refractivity contribution < 1.29 is 50.0 Å². The van der Waals surface area contributed by atoms with Crippen molar-refractivity contribution in [1.29, 1.82) is 0 Å². The Kier molecular flexibility index (Phi) is 12.8. The summed E-state index contributed by atoms with van der Waals surface area (Å²) < 4.78 is 300. The normalized spacial score (nSPS) is 17.5. The number of rotatable bonds is 8. The molecule has 0 saturated carbocycles. The molecular weight excluding hydrogens is 1380 g/mol. The topological polar surface area (TPSA) is 39.2 Å². The van der Waals surface area contributed by atoms with Gasteiger partial charge in [0.2, 0.25) is 0 Å². The van der Waals surface area contributed by atoms with Gasteiger partial charge in [0.15, 0.2) is 0 Å². The number of halogens is 1. The number of furan rings is 2. The Labute approximate surface area is 720 Å². The van der Waals surface area contributed by atoms with Gasteiger partial charge in [-0.2, -0.15) is 0 Å². The minimum absolute atomic E-state index is 0.00387. The summed E-state index contributed by atoms with van der Waals surface area (Å²) in [5.41, 5.74) is -8.75. The Bertz CT molecular complexity index is 7320. The summed E-state index contributed by atoms with van der Waals surface area (Å²) in [6.07, 6.45) is -0.705. The summed E-state index contributed by atoms with van der Waals surface area (Å²) >= 11 is 7.84. The molecule has 12 aromatic rings. The minimum atomic E-state index is -1.24. The lowest BCUT2D eigenvalue weighted by atomic mass is 9.35. The van der Waals surface area contributed by atoms with E-state index in [4.69, 9.17) is 25.9 Å². The van der Waals surface area contributed by atoms with Crippen molar-refractivity contribution in [1.82, 2.24) is 0 Å². The molecule has 0 radical (unpaired) electrons. The quantitative estimate of drug-likeness (QED) is 0.141. The molecule has 0 saturated heterocycles. The van der Waals surface area contributed by atoms with Crippen LogP contribution in [0, 0.1) is 0 Å². The summed E-state index contributed by atoms with van der Waals surface area (Å²) in [6.45, 7) is 52.8. The van der Waals surface area contributed by atoms with E-state index in [1.807, 2.05) is 95.2 Å². The van der Waals surface area contributed by atoms with Crippen LogP contribution in [-0.4, -0.2) is 6.71 Å².